The lowest BCUT2D eigenvalue weighted by Crippen LogP contribution is -1.98. The topological polar surface area (TPSA) is 32.3 Å². The van der Waals surface area contributed by atoms with Gasteiger partial charge in [0.1, 0.15) is 11.5 Å². The van der Waals surface area contributed by atoms with Crippen molar-refractivity contribution in [2.45, 2.75) is 0 Å². The largest absolute Gasteiger partial charge is 0.505 e. The summed E-state index contributed by atoms with van der Waals surface area (Å²) in [6, 6.07) is 3.07. The maximum Gasteiger partial charge on any atom is 0.172 e. The fourth-order valence-corrected chi connectivity index (χ4v) is 1.58. The number of halogens is 3. The van der Waals surface area contributed by atoms with Crippen LogP contribution in [0.15, 0.2) is 18.2 Å². The summed E-state index contributed by atoms with van der Waals surface area (Å²) in [6.45, 7) is 0. The molecule has 5 heteroatoms. The van der Waals surface area contributed by atoms with Gasteiger partial charge >= 0.3 is 0 Å². The minimum atomic E-state index is -1.03. The van der Waals surface area contributed by atoms with Crippen molar-refractivity contribution in [3.05, 3.63) is 35.7 Å². The Hall–Kier alpha value is -1.91. The molecule has 2 nitrogen and oxygen atoms in total. The summed E-state index contributed by atoms with van der Waals surface area (Å²) >= 11 is 0. The van der Waals surface area contributed by atoms with Crippen molar-refractivity contribution in [2.75, 3.05) is 12.4 Å². The highest BCUT2D eigenvalue weighted by Gasteiger charge is 2.16. The zero-order chi connectivity index (χ0) is 11.9. The van der Waals surface area contributed by atoms with E-state index < -0.39 is 23.2 Å². The van der Waals surface area contributed by atoms with E-state index in [1.165, 1.54) is 13.1 Å². The Morgan fingerprint density at radius 3 is 2.38 bits per heavy atom. The van der Waals surface area contributed by atoms with Gasteiger partial charge in [0.2, 0.25) is 0 Å². The first-order valence-corrected chi connectivity index (χ1v) is 4.53. The molecule has 0 amide bonds. The van der Waals surface area contributed by atoms with Gasteiger partial charge in [0.15, 0.2) is 17.4 Å². The first kappa shape index (κ1) is 10.6. The molecule has 0 radical (unpaired) electrons. The Balaban J connectivity index is 2.92. The Morgan fingerprint density at radius 2 is 1.75 bits per heavy atom. The van der Waals surface area contributed by atoms with Crippen LogP contribution in [0.3, 0.4) is 0 Å². The van der Waals surface area contributed by atoms with E-state index in [4.69, 9.17) is 5.11 Å². The maximum absolute atomic E-state index is 13.7. The number of phenols is 1. The Labute approximate surface area is 89.3 Å². The molecule has 0 spiro atoms. The van der Waals surface area contributed by atoms with E-state index in [2.05, 4.69) is 5.32 Å². The monoisotopic (exact) mass is 227 g/mol. The van der Waals surface area contributed by atoms with E-state index in [1.54, 1.807) is 0 Å². The molecule has 16 heavy (non-hydrogen) atoms. The van der Waals surface area contributed by atoms with Crippen LogP contribution in [0.4, 0.5) is 18.9 Å². The summed E-state index contributed by atoms with van der Waals surface area (Å²) in [5, 5.41) is 11.1. The van der Waals surface area contributed by atoms with Crippen molar-refractivity contribution in [1.29, 1.82) is 0 Å². The molecule has 2 aromatic carbocycles. The highest BCUT2D eigenvalue weighted by Crippen LogP contribution is 2.32. The Kier molecular flexibility index (Phi) is 2.38. The molecule has 2 N–H and O–H groups in total. The summed E-state index contributed by atoms with van der Waals surface area (Å²) in [5.74, 6) is -3.45. The van der Waals surface area contributed by atoms with E-state index in [0.717, 1.165) is 12.1 Å². The molecular formula is C11H8F3NO. The molecule has 0 aliphatic carbocycles. The molecule has 0 aliphatic heterocycles. The van der Waals surface area contributed by atoms with Crippen molar-refractivity contribution in [3.63, 3.8) is 0 Å². The number of hydrogen-bond donors (Lipinski definition) is 2. The van der Waals surface area contributed by atoms with Crippen molar-refractivity contribution >= 4 is 16.5 Å². The van der Waals surface area contributed by atoms with Gasteiger partial charge in [0.25, 0.3) is 0 Å². The van der Waals surface area contributed by atoms with E-state index in [9.17, 15) is 13.2 Å². The predicted octanol–water partition coefficient (Wildman–Crippen LogP) is 3.00. The van der Waals surface area contributed by atoms with Gasteiger partial charge in [-0.1, -0.05) is 0 Å². The zero-order valence-corrected chi connectivity index (χ0v) is 8.31. The maximum atomic E-state index is 13.7. The van der Waals surface area contributed by atoms with Crippen molar-refractivity contribution < 1.29 is 18.3 Å². The highest BCUT2D eigenvalue weighted by atomic mass is 19.1. The lowest BCUT2D eigenvalue weighted by molar-refractivity contribution is 0.436. The lowest BCUT2D eigenvalue weighted by atomic mass is 10.1. The molecule has 0 unspecified atom stereocenters. The molecule has 0 aromatic heterocycles. The summed E-state index contributed by atoms with van der Waals surface area (Å²) in [6.07, 6.45) is 0. The highest BCUT2D eigenvalue weighted by molar-refractivity contribution is 5.88. The summed E-state index contributed by atoms with van der Waals surface area (Å²) in [5.41, 5.74) is -0.322. The number of aromatic hydroxyl groups is 1. The third kappa shape index (κ3) is 1.36. The van der Waals surface area contributed by atoms with Crippen LogP contribution in [0.1, 0.15) is 0 Å². The van der Waals surface area contributed by atoms with Gasteiger partial charge in [-0.2, -0.15) is 0 Å². The molecule has 2 aromatic rings. The van der Waals surface area contributed by atoms with Gasteiger partial charge in [0.05, 0.1) is 0 Å². The lowest BCUT2D eigenvalue weighted by Gasteiger charge is -2.08. The zero-order valence-electron chi connectivity index (χ0n) is 8.31. The molecule has 2 rings (SSSR count). The minimum Gasteiger partial charge on any atom is -0.505 e. The van der Waals surface area contributed by atoms with Gasteiger partial charge < -0.3 is 10.4 Å². The van der Waals surface area contributed by atoms with Crippen LogP contribution < -0.4 is 5.32 Å². The molecule has 0 saturated heterocycles. The van der Waals surface area contributed by atoms with Crippen LogP contribution in [-0.4, -0.2) is 12.2 Å². The SMILES string of the molecule is CNc1c(F)cc2c(F)c(O)ccc2c1F. The molecule has 0 saturated carbocycles. The number of hydrogen-bond acceptors (Lipinski definition) is 2. The normalized spacial score (nSPS) is 10.8. The second-order valence-electron chi connectivity index (χ2n) is 3.29. The first-order chi connectivity index (χ1) is 7.56. The van der Waals surface area contributed by atoms with Crippen LogP contribution in [-0.2, 0) is 0 Å². The molecule has 0 heterocycles. The predicted molar refractivity (Wildman–Crippen MR) is 55.0 cm³/mol. The average molecular weight is 227 g/mol. The third-order valence-corrected chi connectivity index (χ3v) is 2.38. The van der Waals surface area contributed by atoms with Crippen molar-refractivity contribution in [1.82, 2.24) is 0 Å². The van der Waals surface area contributed by atoms with Crippen molar-refractivity contribution in [2.24, 2.45) is 0 Å². The third-order valence-electron chi connectivity index (χ3n) is 2.38. The van der Waals surface area contributed by atoms with Gasteiger partial charge in [-0.05, 0) is 18.2 Å². The van der Waals surface area contributed by atoms with Crippen LogP contribution >= 0.6 is 0 Å². The average Bonchev–Trinajstić information content (AvgIpc) is 2.25. The number of anilines is 1. The van der Waals surface area contributed by atoms with Gasteiger partial charge in [0, 0.05) is 17.8 Å². The van der Waals surface area contributed by atoms with Crippen LogP contribution in [0.25, 0.3) is 10.8 Å². The number of nitrogens with one attached hydrogen (secondary N) is 1. The summed E-state index contributed by atoms with van der Waals surface area (Å²) < 4.78 is 40.4. The number of phenolic OH excluding ortho intramolecular Hbond substituents is 1. The Morgan fingerprint density at radius 1 is 1.06 bits per heavy atom. The van der Waals surface area contributed by atoms with Gasteiger partial charge in [-0.3, -0.25) is 0 Å². The smallest absolute Gasteiger partial charge is 0.172 e. The van der Waals surface area contributed by atoms with Crippen molar-refractivity contribution in [3.8, 4) is 5.75 Å². The fourth-order valence-electron chi connectivity index (χ4n) is 1.58. The van der Waals surface area contributed by atoms with Gasteiger partial charge in [-0.25, -0.2) is 13.2 Å². The molecule has 84 valence electrons. The standard InChI is InChI=1S/C11H8F3NO/c1-15-11-7(12)4-6-5(10(11)14)2-3-8(16)9(6)13/h2-4,15-16H,1H3. The quantitative estimate of drug-likeness (QED) is 0.784. The van der Waals surface area contributed by atoms with Crippen LogP contribution in [0.2, 0.25) is 0 Å². The number of rotatable bonds is 1. The van der Waals surface area contributed by atoms with E-state index in [-0.39, 0.29) is 16.5 Å². The second kappa shape index (κ2) is 3.59. The molecule has 0 atom stereocenters. The van der Waals surface area contributed by atoms with Crippen LogP contribution in [0, 0.1) is 17.5 Å². The van der Waals surface area contributed by atoms with E-state index >= 15 is 0 Å². The van der Waals surface area contributed by atoms with E-state index in [0.29, 0.717) is 0 Å². The molecular weight excluding hydrogens is 219 g/mol. The number of benzene rings is 2. The van der Waals surface area contributed by atoms with E-state index in [1.807, 2.05) is 0 Å². The number of fused-ring (bicyclic) bond motifs is 1. The second-order valence-corrected chi connectivity index (χ2v) is 3.29. The van der Waals surface area contributed by atoms with Crippen LogP contribution in [0.5, 0.6) is 5.75 Å². The minimum absolute atomic E-state index is 0.0824. The molecule has 0 fully saturated rings. The fraction of sp³-hybridized carbons (Fsp3) is 0.0909. The molecule has 0 aliphatic rings. The first-order valence-electron chi connectivity index (χ1n) is 4.53. The summed E-state index contributed by atoms with van der Waals surface area (Å²) in [7, 11) is 1.37. The summed E-state index contributed by atoms with van der Waals surface area (Å²) in [4.78, 5) is 0. The molecule has 0 bridgehead atoms. The Bertz CT molecular complexity index is 569. The van der Waals surface area contributed by atoms with Gasteiger partial charge in [-0.15, -0.1) is 0 Å².